The fourth-order valence-electron chi connectivity index (χ4n) is 6.10. The van der Waals surface area contributed by atoms with Gasteiger partial charge in [-0.05, 0) is 24.8 Å². The number of carbonyl (C=O) groups is 2. The Morgan fingerprint density at radius 1 is 0.750 bits per heavy atom. The van der Waals surface area contributed by atoms with Crippen molar-refractivity contribution in [2.75, 3.05) is 13.2 Å². The molecule has 0 radical (unpaired) electrons. The zero-order valence-electron chi connectivity index (χ0n) is 28.0. The molecule has 4 unspecified atom stereocenters. The lowest BCUT2D eigenvalue weighted by atomic mass is 9.93. The predicted molar refractivity (Wildman–Crippen MR) is 175 cm³/mol. The van der Waals surface area contributed by atoms with Crippen LogP contribution >= 0.6 is 0 Å². The SMILES string of the molecule is CC(C)C(=O)NC1c2nc(CCc3ccccc3)cn2C(CO)[C@@H](O)[C@@H]1O.CCCc1cn2c(n1)C(NC(=O)CC)[C@@H](O)[C@H](O)C2CO. The van der Waals surface area contributed by atoms with Crippen molar-refractivity contribution >= 4 is 11.8 Å². The monoisotopic (exact) mass is 670 g/mol. The number of imidazole rings is 2. The van der Waals surface area contributed by atoms with Crippen LogP contribution < -0.4 is 10.6 Å². The molecular weight excluding hydrogens is 620 g/mol. The topological polar surface area (TPSA) is 215 Å². The van der Waals surface area contributed by atoms with Crippen molar-refractivity contribution in [3.8, 4) is 0 Å². The van der Waals surface area contributed by atoms with E-state index in [1.807, 2.05) is 37.3 Å². The summed E-state index contributed by atoms with van der Waals surface area (Å²) in [6.07, 6.45) is 2.23. The van der Waals surface area contributed by atoms with Crippen LogP contribution in [0, 0.1) is 5.92 Å². The normalized spacial score (nSPS) is 26.2. The van der Waals surface area contributed by atoms with Gasteiger partial charge in [-0.25, -0.2) is 9.97 Å². The second-order valence-electron chi connectivity index (χ2n) is 12.7. The molecule has 2 amide bonds. The van der Waals surface area contributed by atoms with Gasteiger partial charge in [0.25, 0.3) is 0 Å². The van der Waals surface area contributed by atoms with E-state index >= 15 is 0 Å². The van der Waals surface area contributed by atoms with Gasteiger partial charge < -0.3 is 50.4 Å². The second kappa shape index (κ2) is 16.6. The maximum absolute atomic E-state index is 12.2. The van der Waals surface area contributed by atoms with Gasteiger partial charge in [0.1, 0.15) is 48.1 Å². The standard InChI is InChI=1S/C20H27N3O4.C14H23N3O4/c1-12(2)20(27)22-16-18(26)17(25)15(11-24)23-10-14(21-19(16)23)9-8-13-6-4-3-5-7-13;1-3-5-8-6-17-9(7-18)12(20)13(21)11(14(17)15-8)16-10(19)4-2/h3-7,10,12,15-18,24-26H,8-9,11H2,1-2H3,(H,22,27);6,9,11-13,18,20-21H,3-5,7H2,1-2H3,(H,16,19)/t15?,16?,17-,18-;9?,11?,12-,13-/m11/s1. The molecule has 48 heavy (non-hydrogen) atoms. The summed E-state index contributed by atoms with van der Waals surface area (Å²) in [7, 11) is 0. The van der Waals surface area contributed by atoms with E-state index in [2.05, 4.69) is 20.6 Å². The van der Waals surface area contributed by atoms with Crippen molar-refractivity contribution < 1.29 is 40.2 Å². The number of rotatable bonds is 11. The molecule has 0 saturated carbocycles. The molecule has 4 heterocycles. The van der Waals surface area contributed by atoms with E-state index in [1.165, 1.54) is 5.56 Å². The van der Waals surface area contributed by atoms with Gasteiger partial charge in [0.2, 0.25) is 11.8 Å². The Morgan fingerprint density at radius 3 is 1.71 bits per heavy atom. The highest BCUT2D eigenvalue weighted by atomic mass is 16.3. The minimum absolute atomic E-state index is 0.222. The number of benzene rings is 1. The van der Waals surface area contributed by atoms with Gasteiger partial charge in [-0.2, -0.15) is 0 Å². The summed E-state index contributed by atoms with van der Waals surface area (Å²) in [4.78, 5) is 32.9. The number of aromatic nitrogens is 4. The van der Waals surface area contributed by atoms with Crippen molar-refractivity contribution in [2.24, 2.45) is 5.92 Å². The van der Waals surface area contributed by atoms with E-state index in [0.717, 1.165) is 30.7 Å². The van der Waals surface area contributed by atoms with Crippen LogP contribution in [0.3, 0.4) is 0 Å². The highest BCUT2D eigenvalue weighted by Crippen LogP contribution is 2.34. The van der Waals surface area contributed by atoms with Crippen LogP contribution in [0.4, 0.5) is 0 Å². The van der Waals surface area contributed by atoms with Crippen molar-refractivity contribution in [3.63, 3.8) is 0 Å². The number of aryl methyl sites for hydroxylation is 3. The first-order valence-electron chi connectivity index (χ1n) is 16.7. The molecule has 0 saturated heterocycles. The first-order chi connectivity index (χ1) is 22.9. The Hall–Kier alpha value is -3.66. The van der Waals surface area contributed by atoms with Gasteiger partial charge in [-0.1, -0.05) is 64.4 Å². The molecule has 14 heteroatoms. The maximum atomic E-state index is 12.2. The Balaban J connectivity index is 0.000000224. The first kappa shape index (κ1) is 37.2. The highest BCUT2D eigenvalue weighted by molar-refractivity contribution is 5.78. The zero-order chi connectivity index (χ0) is 35.1. The second-order valence-corrected chi connectivity index (χ2v) is 12.7. The Kier molecular flexibility index (Phi) is 12.9. The molecule has 2 aromatic heterocycles. The smallest absolute Gasteiger partial charge is 0.223 e. The molecule has 2 aliphatic heterocycles. The van der Waals surface area contributed by atoms with Gasteiger partial charge in [0, 0.05) is 24.7 Å². The molecule has 0 fully saturated rings. The van der Waals surface area contributed by atoms with E-state index in [9.17, 15) is 40.2 Å². The number of hydrogen-bond donors (Lipinski definition) is 8. The average Bonchev–Trinajstić information content (AvgIpc) is 3.70. The van der Waals surface area contributed by atoms with Gasteiger partial charge in [0.05, 0.1) is 36.7 Å². The van der Waals surface area contributed by atoms with Gasteiger partial charge in [0.15, 0.2) is 0 Å². The minimum atomic E-state index is -1.23. The highest BCUT2D eigenvalue weighted by Gasteiger charge is 2.44. The van der Waals surface area contributed by atoms with E-state index in [4.69, 9.17) is 0 Å². The number of carbonyl (C=O) groups excluding carboxylic acids is 2. The lowest BCUT2D eigenvalue weighted by Crippen LogP contribution is -2.52. The third kappa shape index (κ3) is 8.13. The maximum Gasteiger partial charge on any atom is 0.223 e. The molecule has 5 rings (SSSR count). The number of hydrogen-bond acceptors (Lipinski definition) is 10. The molecule has 1 aromatic carbocycles. The summed E-state index contributed by atoms with van der Waals surface area (Å²) in [5.74, 6) is 0.237. The molecule has 3 aromatic rings. The van der Waals surface area contributed by atoms with Crippen molar-refractivity contribution in [1.29, 1.82) is 0 Å². The molecule has 14 nitrogen and oxygen atoms in total. The van der Waals surface area contributed by atoms with Crippen LogP contribution in [0.15, 0.2) is 42.7 Å². The van der Waals surface area contributed by atoms with E-state index in [1.54, 1.807) is 42.3 Å². The molecule has 8 atom stereocenters. The molecular formula is C34H50N6O8. The third-order valence-electron chi connectivity index (χ3n) is 8.92. The van der Waals surface area contributed by atoms with Crippen molar-refractivity contribution in [1.82, 2.24) is 29.7 Å². The number of nitrogens with zero attached hydrogens (tertiary/aromatic N) is 4. The van der Waals surface area contributed by atoms with Gasteiger partial charge in [-0.3, -0.25) is 9.59 Å². The number of aliphatic hydroxyl groups is 6. The minimum Gasteiger partial charge on any atom is -0.394 e. The summed E-state index contributed by atoms with van der Waals surface area (Å²) >= 11 is 0. The van der Waals surface area contributed by atoms with E-state index in [-0.39, 0.29) is 37.4 Å². The molecule has 264 valence electrons. The molecule has 0 aliphatic carbocycles. The quantitative estimate of drug-likeness (QED) is 0.141. The lowest BCUT2D eigenvalue weighted by Gasteiger charge is -2.38. The van der Waals surface area contributed by atoms with E-state index in [0.29, 0.717) is 18.1 Å². The van der Waals surface area contributed by atoms with Crippen LogP contribution in [-0.2, 0) is 28.9 Å². The summed E-state index contributed by atoms with van der Waals surface area (Å²) in [6, 6.07) is 7.11. The van der Waals surface area contributed by atoms with Crippen molar-refractivity contribution in [3.05, 3.63) is 71.3 Å². The molecule has 0 spiro atoms. The summed E-state index contributed by atoms with van der Waals surface area (Å²) in [6.45, 7) is 6.63. The number of aliphatic hydroxyl groups excluding tert-OH is 6. The van der Waals surface area contributed by atoms with Crippen LogP contribution in [0.2, 0.25) is 0 Å². The average molecular weight is 671 g/mol. The molecule has 2 aliphatic rings. The molecule has 0 bridgehead atoms. The van der Waals surface area contributed by atoms with Crippen LogP contribution in [0.5, 0.6) is 0 Å². The fraction of sp³-hybridized carbons (Fsp3) is 0.588. The zero-order valence-corrected chi connectivity index (χ0v) is 28.0. The number of nitrogens with one attached hydrogen (secondary N) is 2. The summed E-state index contributed by atoms with van der Waals surface area (Å²) < 4.78 is 3.35. The Morgan fingerprint density at radius 2 is 1.25 bits per heavy atom. The Bertz CT molecular complexity index is 1490. The van der Waals surface area contributed by atoms with Crippen LogP contribution in [0.1, 0.15) is 93.3 Å². The third-order valence-corrected chi connectivity index (χ3v) is 8.92. The molecule has 8 N–H and O–H groups in total. The van der Waals surface area contributed by atoms with Gasteiger partial charge >= 0.3 is 0 Å². The summed E-state index contributed by atoms with van der Waals surface area (Å²) in [5, 5.41) is 66.0. The predicted octanol–water partition coefficient (Wildman–Crippen LogP) is 0.422. The van der Waals surface area contributed by atoms with Crippen molar-refractivity contribution in [2.45, 2.75) is 108 Å². The lowest BCUT2D eigenvalue weighted by molar-refractivity contribution is -0.128. The summed E-state index contributed by atoms with van der Waals surface area (Å²) in [5.41, 5.74) is 2.80. The van der Waals surface area contributed by atoms with Gasteiger partial charge in [-0.15, -0.1) is 0 Å². The number of amides is 2. The first-order valence-corrected chi connectivity index (χ1v) is 16.7. The fourth-order valence-corrected chi connectivity index (χ4v) is 6.10. The van der Waals surface area contributed by atoms with Crippen LogP contribution in [-0.4, -0.2) is 99.2 Å². The Labute approximate surface area is 280 Å². The van der Waals surface area contributed by atoms with Crippen LogP contribution in [0.25, 0.3) is 0 Å². The largest absolute Gasteiger partial charge is 0.394 e. The van der Waals surface area contributed by atoms with E-state index < -0.39 is 48.6 Å². The number of fused-ring (bicyclic) bond motifs is 2.